The molecule has 0 radical (unpaired) electrons. The first-order valence-electron chi connectivity index (χ1n) is 26.9. The fourth-order valence-corrected chi connectivity index (χ4v) is 15.6. The van der Waals surface area contributed by atoms with Gasteiger partial charge in [-0.15, -0.1) is 0 Å². The number of fused-ring (bicyclic) bond motifs is 7. The maximum Gasteiger partial charge on any atom is 0.187 e. The van der Waals surface area contributed by atoms with E-state index in [1.807, 2.05) is 6.92 Å². The Morgan fingerprint density at radius 2 is 1.16 bits per heavy atom. The molecule has 3 saturated carbocycles. The van der Waals surface area contributed by atoms with E-state index >= 15 is 0 Å². The minimum atomic E-state index is -1.88. The second-order valence-electron chi connectivity index (χ2n) is 24.2. The molecule has 6 aliphatic heterocycles. The molecule has 0 aromatic heterocycles. The van der Waals surface area contributed by atoms with E-state index in [0.29, 0.717) is 43.4 Å². The van der Waals surface area contributed by atoms with Gasteiger partial charge in [-0.05, 0) is 99.7 Å². The van der Waals surface area contributed by atoms with E-state index in [2.05, 4.69) is 26.8 Å². The smallest absolute Gasteiger partial charge is 0.187 e. The highest BCUT2D eigenvalue weighted by atomic mass is 16.8. The van der Waals surface area contributed by atoms with Gasteiger partial charge in [0.05, 0.1) is 50.3 Å². The van der Waals surface area contributed by atoms with Gasteiger partial charge in [0.25, 0.3) is 0 Å². The molecule has 74 heavy (non-hydrogen) atoms. The number of hydrogen-bond acceptors (Lipinski definition) is 23. The third kappa shape index (κ3) is 9.38. The van der Waals surface area contributed by atoms with Gasteiger partial charge in [0.1, 0.15) is 91.6 Å². The van der Waals surface area contributed by atoms with Crippen LogP contribution in [0, 0.1) is 40.4 Å². The maximum atomic E-state index is 11.6. The number of rotatable bonds is 12. The summed E-state index contributed by atoms with van der Waals surface area (Å²) in [6.07, 6.45) is -21.7. The summed E-state index contributed by atoms with van der Waals surface area (Å²) in [5.41, 5.74) is 0.306. The van der Waals surface area contributed by atoms with Crippen LogP contribution in [0.4, 0.5) is 0 Å². The minimum absolute atomic E-state index is 0.00751. The first-order valence-corrected chi connectivity index (χ1v) is 26.9. The summed E-state index contributed by atoms with van der Waals surface area (Å²) >= 11 is 0. The van der Waals surface area contributed by atoms with Crippen LogP contribution in [0.3, 0.4) is 0 Å². The Hall–Kier alpha value is -1.18. The van der Waals surface area contributed by atoms with Crippen LogP contribution < -0.4 is 0 Å². The van der Waals surface area contributed by atoms with E-state index in [1.54, 1.807) is 0 Å². The fourth-order valence-electron chi connectivity index (χ4n) is 15.6. The monoisotopic (exact) mass is 1060 g/mol. The predicted octanol–water partition coefficient (Wildman–Crippen LogP) is -2.85. The molecule has 1 spiro atoms. The normalized spacial score (nSPS) is 57.4. The SMILES string of the molecule is CC1OC(OC2C(OC3CCC4(C)C(=CCC5C4CCC4(C)C5CC5OC6(CCC(C)(COC7OC(CO)C(O)C(O)C7O)O6)C(C)C54)C3)OC(CO)C(O)C2OC2OC(CO)C(O)C(O)C2O)C(O)C(O)C1O. The molecule has 10 rings (SSSR count). The zero-order chi connectivity index (χ0) is 53.1. The van der Waals surface area contributed by atoms with Crippen molar-refractivity contribution in [2.24, 2.45) is 40.4 Å². The highest BCUT2D eigenvalue weighted by molar-refractivity contribution is 5.27. The molecular formula is C51H82O23. The zero-order valence-electron chi connectivity index (χ0n) is 42.8. The van der Waals surface area contributed by atoms with Crippen LogP contribution in [0.2, 0.25) is 0 Å². The highest BCUT2D eigenvalue weighted by Crippen LogP contribution is 2.71. The molecule has 13 N–H and O–H groups in total. The Morgan fingerprint density at radius 1 is 0.581 bits per heavy atom. The molecule has 6 saturated heterocycles. The van der Waals surface area contributed by atoms with E-state index in [9.17, 15) is 66.4 Å². The lowest BCUT2D eigenvalue weighted by Gasteiger charge is -2.58. The molecule has 31 atom stereocenters. The standard InChI is InChI=1S/C51H82O23/c1-20-31-27(73-51(20)13-12-48(3,74-51)19-65-44-39(62)37(60)33(56)28(16-52)68-44)15-26-24-7-6-22-14-23(8-10-49(22,4)25(24)9-11-50(26,31)5)67-47-43(72-45-40(63)36(59)32(55)21(2)66-45)42(35(58)30(18-54)70-47)71-46-41(64)38(61)34(57)29(17-53)69-46/h6,20-21,23-47,52-64H,7-19H2,1-5H3. The van der Waals surface area contributed by atoms with Gasteiger partial charge in [-0.25, -0.2) is 0 Å². The molecule has 0 aromatic carbocycles. The number of hydrogen-bond donors (Lipinski definition) is 13. The lowest BCUT2D eigenvalue weighted by atomic mass is 9.47. The number of allylic oxidation sites excluding steroid dienone is 1. The summed E-state index contributed by atoms with van der Waals surface area (Å²) in [5, 5.41) is 137. The first kappa shape index (κ1) is 56.1. The van der Waals surface area contributed by atoms with E-state index < -0.39 is 160 Å². The molecule has 0 amide bonds. The van der Waals surface area contributed by atoms with E-state index in [0.717, 1.165) is 32.1 Å². The molecule has 4 aliphatic carbocycles. The summed E-state index contributed by atoms with van der Waals surface area (Å²) in [6, 6.07) is 0. The minimum Gasteiger partial charge on any atom is -0.394 e. The van der Waals surface area contributed by atoms with Gasteiger partial charge >= 0.3 is 0 Å². The van der Waals surface area contributed by atoms with Gasteiger partial charge in [0, 0.05) is 12.3 Å². The van der Waals surface area contributed by atoms with E-state index in [4.69, 9.17) is 47.4 Å². The van der Waals surface area contributed by atoms with Crippen molar-refractivity contribution in [2.75, 3.05) is 26.4 Å². The predicted molar refractivity (Wildman–Crippen MR) is 248 cm³/mol. The number of aliphatic hydroxyl groups is 13. The summed E-state index contributed by atoms with van der Waals surface area (Å²) in [5.74, 6) is 0.693. The number of ether oxygens (including phenoxy) is 10. The molecule has 31 unspecified atom stereocenters. The molecule has 424 valence electrons. The second kappa shape index (κ2) is 21.0. The van der Waals surface area contributed by atoms with Crippen molar-refractivity contribution in [2.45, 2.75) is 239 Å². The molecule has 9 fully saturated rings. The van der Waals surface area contributed by atoms with Crippen molar-refractivity contribution in [1.82, 2.24) is 0 Å². The van der Waals surface area contributed by atoms with Gasteiger partial charge in [0.2, 0.25) is 0 Å². The van der Waals surface area contributed by atoms with Crippen LogP contribution in [0.5, 0.6) is 0 Å². The zero-order valence-corrected chi connectivity index (χ0v) is 42.8. The molecule has 10 aliphatic rings. The molecule has 23 heteroatoms. The van der Waals surface area contributed by atoms with Crippen LogP contribution in [0.15, 0.2) is 11.6 Å². The van der Waals surface area contributed by atoms with Crippen molar-refractivity contribution < 1.29 is 114 Å². The first-order chi connectivity index (χ1) is 35.0. The third-order valence-electron chi connectivity index (χ3n) is 19.9. The molecule has 0 aromatic rings. The third-order valence-corrected chi connectivity index (χ3v) is 19.9. The maximum absolute atomic E-state index is 11.6. The van der Waals surface area contributed by atoms with Gasteiger partial charge in [0.15, 0.2) is 30.9 Å². The van der Waals surface area contributed by atoms with Gasteiger partial charge in [-0.2, -0.15) is 0 Å². The van der Waals surface area contributed by atoms with E-state index in [1.165, 1.54) is 12.5 Å². The summed E-state index contributed by atoms with van der Waals surface area (Å²) in [7, 11) is 0. The summed E-state index contributed by atoms with van der Waals surface area (Å²) in [6.45, 7) is 8.46. The quantitative estimate of drug-likeness (QED) is 0.0875. The van der Waals surface area contributed by atoms with Crippen LogP contribution in [-0.4, -0.2) is 239 Å². The van der Waals surface area contributed by atoms with Crippen molar-refractivity contribution >= 4 is 0 Å². The van der Waals surface area contributed by atoms with E-state index in [-0.39, 0.29) is 35.4 Å². The molecular weight excluding hydrogens is 981 g/mol. The number of aliphatic hydroxyl groups excluding tert-OH is 13. The van der Waals surface area contributed by atoms with Crippen LogP contribution in [0.1, 0.15) is 92.4 Å². The Labute approximate surface area is 430 Å². The molecule has 6 heterocycles. The van der Waals surface area contributed by atoms with Crippen LogP contribution >= 0.6 is 0 Å². The largest absolute Gasteiger partial charge is 0.394 e. The van der Waals surface area contributed by atoms with Crippen molar-refractivity contribution in [3.63, 3.8) is 0 Å². The Balaban J connectivity index is 0.825. The fraction of sp³-hybridized carbons (Fsp3) is 0.961. The lowest BCUT2D eigenvalue weighted by Crippen LogP contribution is -2.67. The highest BCUT2D eigenvalue weighted by Gasteiger charge is 2.70. The average molecular weight is 1060 g/mol. The summed E-state index contributed by atoms with van der Waals surface area (Å²) < 4.78 is 62.4. The van der Waals surface area contributed by atoms with Crippen molar-refractivity contribution in [1.29, 1.82) is 0 Å². The van der Waals surface area contributed by atoms with Crippen molar-refractivity contribution in [3.8, 4) is 0 Å². The molecule has 23 nitrogen and oxygen atoms in total. The van der Waals surface area contributed by atoms with Crippen molar-refractivity contribution in [3.05, 3.63) is 11.6 Å². The second-order valence-corrected chi connectivity index (χ2v) is 24.2. The Kier molecular flexibility index (Phi) is 16.0. The van der Waals surface area contributed by atoms with Crippen LogP contribution in [-0.2, 0) is 47.4 Å². The van der Waals surface area contributed by atoms with Gasteiger partial charge in [-0.3, -0.25) is 0 Å². The summed E-state index contributed by atoms with van der Waals surface area (Å²) in [4.78, 5) is 0. The topological polar surface area (TPSA) is 355 Å². The van der Waals surface area contributed by atoms with Gasteiger partial charge in [-0.1, -0.05) is 32.4 Å². The Morgan fingerprint density at radius 3 is 1.82 bits per heavy atom. The average Bonchev–Trinajstić information content (AvgIpc) is 3.98. The lowest BCUT2D eigenvalue weighted by molar-refractivity contribution is -0.394. The van der Waals surface area contributed by atoms with Gasteiger partial charge < -0.3 is 114 Å². The Bertz CT molecular complexity index is 1980. The molecule has 0 bridgehead atoms. The van der Waals surface area contributed by atoms with Crippen LogP contribution in [0.25, 0.3) is 0 Å².